The van der Waals surface area contributed by atoms with Gasteiger partial charge in [-0.1, -0.05) is 12.1 Å². The molecule has 0 bridgehead atoms. The molecule has 0 aliphatic heterocycles. The highest BCUT2D eigenvalue weighted by Gasteiger charge is 2.03. The van der Waals surface area contributed by atoms with Crippen molar-refractivity contribution in [2.75, 3.05) is 6.54 Å². The number of hydrogen-bond donors (Lipinski definition) is 1. The van der Waals surface area contributed by atoms with Gasteiger partial charge in [0.2, 0.25) is 0 Å². The highest BCUT2D eigenvalue weighted by atomic mass is 16.3. The number of fused-ring (bicyclic) bond motifs is 1. The number of nitrogens with two attached hydrogens (primary N) is 1. The smallest absolute Gasteiger partial charge is 0.181 e. The fourth-order valence-electron chi connectivity index (χ4n) is 1.43. The maximum atomic E-state index is 5.45. The zero-order valence-electron chi connectivity index (χ0n) is 7.36. The van der Waals surface area contributed by atoms with Crippen LogP contribution in [0.15, 0.2) is 29.0 Å². The quantitative estimate of drug-likeness (QED) is 0.774. The molecule has 0 aliphatic rings. The summed E-state index contributed by atoms with van der Waals surface area (Å²) in [6.07, 6.45) is 3.43. The van der Waals surface area contributed by atoms with Gasteiger partial charge in [-0.3, -0.25) is 0 Å². The van der Waals surface area contributed by atoms with Crippen molar-refractivity contribution in [3.05, 3.63) is 30.2 Å². The third kappa shape index (κ3) is 1.55. The first kappa shape index (κ1) is 8.26. The number of aromatic nitrogens is 1. The minimum atomic E-state index is 0.713. The van der Waals surface area contributed by atoms with Gasteiger partial charge in [0.25, 0.3) is 0 Å². The molecule has 0 saturated carbocycles. The summed E-state index contributed by atoms with van der Waals surface area (Å²) in [6, 6.07) is 6.00. The Balaban J connectivity index is 2.37. The molecule has 2 aromatic rings. The molecule has 0 amide bonds. The maximum Gasteiger partial charge on any atom is 0.181 e. The number of hydrogen-bond acceptors (Lipinski definition) is 3. The molecule has 2 rings (SSSR count). The number of benzene rings is 1. The van der Waals surface area contributed by atoms with Gasteiger partial charge in [0.15, 0.2) is 12.0 Å². The van der Waals surface area contributed by atoms with Crippen molar-refractivity contribution in [2.24, 2.45) is 5.73 Å². The standard InChI is InChI=1S/C10H12N2O/c11-6-2-4-8-3-1-5-9-10(8)13-7-12-9/h1,3,5,7H,2,4,6,11H2. The summed E-state index contributed by atoms with van der Waals surface area (Å²) in [5, 5.41) is 0. The topological polar surface area (TPSA) is 52.0 Å². The number of nitrogens with zero attached hydrogens (tertiary/aromatic N) is 1. The first-order valence-electron chi connectivity index (χ1n) is 4.43. The molecule has 0 saturated heterocycles. The van der Waals surface area contributed by atoms with Crippen LogP contribution in [0.5, 0.6) is 0 Å². The Labute approximate surface area is 76.6 Å². The van der Waals surface area contributed by atoms with Crippen molar-refractivity contribution < 1.29 is 4.42 Å². The number of oxazole rings is 1. The molecule has 68 valence electrons. The molecule has 1 heterocycles. The van der Waals surface area contributed by atoms with Gasteiger partial charge < -0.3 is 10.2 Å². The summed E-state index contributed by atoms with van der Waals surface area (Å²) in [4.78, 5) is 4.09. The highest BCUT2D eigenvalue weighted by molar-refractivity contribution is 5.75. The van der Waals surface area contributed by atoms with Gasteiger partial charge >= 0.3 is 0 Å². The van der Waals surface area contributed by atoms with E-state index < -0.39 is 0 Å². The van der Waals surface area contributed by atoms with E-state index in [1.807, 2.05) is 12.1 Å². The van der Waals surface area contributed by atoms with E-state index in [1.165, 1.54) is 12.0 Å². The molecule has 1 aromatic heterocycles. The molecule has 2 N–H and O–H groups in total. The van der Waals surface area contributed by atoms with E-state index in [0.717, 1.165) is 23.9 Å². The molecular weight excluding hydrogens is 164 g/mol. The largest absolute Gasteiger partial charge is 0.443 e. The van der Waals surface area contributed by atoms with Crippen LogP contribution in [0.1, 0.15) is 12.0 Å². The highest BCUT2D eigenvalue weighted by Crippen LogP contribution is 2.18. The molecule has 0 unspecified atom stereocenters. The van der Waals surface area contributed by atoms with Crippen LogP contribution in [0.2, 0.25) is 0 Å². The number of aryl methyl sites for hydroxylation is 1. The van der Waals surface area contributed by atoms with E-state index in [2.05, 4.69) is 11.1 Å². The Morgan fingerprint density at radius 1 is 1.38 bits per heavy atom. The fourth-order valence-corrected chi connectivity index (χ4v) is 1.43. The van der Waals surface area contributed by atoms with E-state index in [1.54, 1.807) is 0 Å². The van der Waals surface area contributed by atoms with Crippen molar-refractivity contribution in [2.45, 2.75) is 12.8 Å². The number of para-hydroxylation sites is 1. The predicted molar refractivity (Wildman–Crippen MR) is 51.4 cm³/mol. The van der Waals surface area contributed by atoms with Gasteiger partial charge in [-0.05, 0) is 31.0 Å². The van der Waals surface area contributed by atoms with Crippen LogP contribution < -0.4 is 5.73 Å². The summed E-state index contributed by atoms with van der Waals surface area (Å²) >= 11 is 0. The molecule has 0 spiro atoms. The molecule has 3 nitrogen and oxygen atoms in total. The summed E-state index contributed by atoms with van der Waals surface area (Å²) in [5.74, 6) is 0. The van der Waals surface area contributed by atoms with Crippen molar-refractivity contribution in [1.82, 2.24) is 4.98 Å². The Morgan fingerprint density at radius 2 is 2.31 bits per heavy atom. The predicted octanol–water partition coefficient (Wildman–Crippen LogP) is 1.72. The van der Waals surface area contributed by atoms with E-state index >= 15 is 0 Å². The van der Waals surface area contributed by atoms with Crippen LogP contribution in [0.4, 0.5) is 0 Å². The molecular formula is C10H12N2O. The lowest BCUT2D eigenvalue weighted by Crippen LogP contribution is -2.00. The lowest BCUT2D eigenvalue weighted by Gasteiger charge is -1.98. The Morgan fingerprint density at radius 3 is 3.15 bits per heavy atom. The van der Waals surface area contributed by atoms with Gasteiger partial charge in [-0.15, -0.1) is 0 Å². The molecule has 3 heteroatoms. The second-order valence-corrected chi connectivity index (χ2v) is 3.01. The molecule has 1 aromatic carbocycles. The van der Waals surface area contributed by atoms with E-state index in [0.29, 0.717) is 6.54 Å². The van der Waals surface area contributed by atoms with Crippen molar-refractivity contribution in [3.63, 3.8) is 0 Å². The summed E-state index contributed by atoms with van der Waals surface area (Å²) in [6.45, 7) is 0.713. The Hall–Kier alpha value is -1.35. The van der Waals surface area contributed by atoms with Crippen LogP contribution in [0.25, 0.3) is 11.1 Å². The van der Waals surface area contributed by atoms with Crippen molar-refractivity contribution in [3.8, 4) is 0 Å². The van der Waals surface area contributed by atoms with Gasteiger partial charge in [0, 0.05) is 0 Å². The summed E-state index contributed by atoms with van der Waals surface area (Å²) < 4.78 is 5.29. The van der Waals surface area contributed by atoms with Crippen LogP contribution >= 0.6 is 0 Å². The minimum absolute atomic E-state index is 0.713. The lowest BCUT2D eigenvalue weighted by atomic mass is 10.1. The first-order valence-corrected chi connectivity index (χ1v) is 4.43. The molecule has 0 fully saturated rings. The summed E-state index contributed by atoms with van der Waals surface area (Å²) in [5.41, 5.74) is 8.47. The van der Waals surface area contributed by atoms with Gasteiger partial charge in [-0.2, -0.15) is 0 Å². The summed E-state index contributed by atoms with van der Waals surface area (Å²) in [7, 11) is 0. The van der Waals surface area contributed by atoms with Crippen LogP contribution in [0.3, 0.4) is 0 Å². The van der Waals surface area contributed by atoms with Crippen molar-refractivity contribution >= 4 is 11.1 Å². The Kier molecular flexibility index (Phi) is 2.27. The third-order valence-electron chi connectivity index (χ3n) is 2.09. The van der Waals surface area contributed by atoms with Crippen molar-refractivity contribution in [1.29, 1.82) is 0 Å². The van der Waals surface area contributed by atoms with E-state index in [-0.39, 0.29) is 0 Å². The SMILES string of the molecule is NCCCc1cccc2ncoc12. The van der Waals surface area contributed by atoms with Gasteiger partial charge in [0.05, 0.1) is 0 Å². The minimum Gasteiger partial charge on any atom is -0.443 e. The second-order valence-electron chi connectivity index (χ2n) is 3.01. The molecule has 0 aliphatic carbocycles. The third-order valence-corrected chi connectivity index (χ3v) is 2.09. The maximum absolute atomic E-state index is 5.45. The van der Waals surface area contributed by atoms with E-state index in [4.69, 9.17) is 10.2 Å². The molecule has 13 heavy (non-hydrogen) atoms. The Bertz CT molecular complexity index is 394. The number of rotatable bonds is 3. The van der Waals surface area contributed by atoms with Crippen LogP contribution in [0, 0.1) is 0 Å². The zero-order valence-corrected chi connectivity index (χ0v) is 7.36. The van der Waals surface area contributed by atoms with Gasteiger partial charge in [0.1, 0.15) is 5.52 Å². The zero-order chi connectivity index (χ0) is 9.10. The van der Waals surface area contributed by atoms with Crippen LogP contribution in [-0.4, -0.2) is 11.5 Å². The second kappa shape index (κ2) is 3.58. The molecule has 0 radical (unpaired) electrons. The monoisotopic (exact) mass is 176 g/mol. The fraction of sp³-hybridized carbons (Fsp3) is 0.300. The average molecular weight is 176 g/mol. The molecule has 0 atom stereocenters. The van der Waals surface area contributed by atoms with Crippen LogP contribution in [-0.2, 0) is 6.42 Å². The average Bonchev–Trinajstić information content (AvgIpc) is 2.62. The van der Waals surface area contributed by atoms with E-state index in [9.17, 15) is 0 Å². The lowest BCUT2D eigenvalue weighted by molar-refractivity contribution is 0.596. The first-order chi connectivity index (χ1) is 6.42. The normalized spacial score (nSPS) is 10.8. The van der Waals surface area contributed by atoms with Gasteiger partial charge in [-0.25, -0.2) is 4.98 Å².